The van der Waals surface area contributed by atoms with Crippen LogP contribution in [0.4, 0.5) is 9.52 Å². The fraction of sp³-hybridized carbons (Fsp3) is 0.200. The molecule has 2 aromatic carbocycles. The lowest BCUT2D eigenvalue weighted by atomic mass is 10.1. The highest BCUT2D eigenvalue weighted by molar-refractivity contribution is 7.89. The van der Waals surface area contributed by atoms with Gasteiger partial charge in [0.05, 0.1) is 10.6 Å². The average Bonchev–Trinajstić information content (AvgIpc) is 3.08. The zero-order valence-electron chi connectivity index (χ0n) is 16.1. The van der Waals surface area contributed by atoms with E-state index in [2.05, 4.69) is 15.0 Å². The highest BCUT2D eigenvalue weighted by atomic mass is 32.2. The molecule has 0 saturated heterocycles. The van der Waals surface area contributed by atoms with Crippen molar-refractivity contribution in [3.8, 4) is 11.3 Å². The van der Waals surface area contributed by atoms with Gasteiger partial charge in [0.25, 0.3) is 5.91 Å². The highest BCUT2D eigenvalue weighted by Crippen LogP contribution is 2.25. The van der Waals surface area contributed by atoms with Crippen LogP contribution in [0.15, 0.2) is 58.8 Å². The first-order chi connectivity index (χ1) is 13.5. The molecule has 0 bridgehead atoms. The van der Waals surface area contributed by atoms with E-state index in [1.165, 1.54) is 47.7 Å². The lowest BCUT2D eigenvalue weighted by Gasteiger charge is -2.20. The molecule has 0 aliphatic heterocycles. The fourth-order valence-corrected chi connectivity index (χ4v) is 4.66. The second-order valence-corrected chi connectivity index (χ2v) is 9.92. The van der Waals surface area contributed by atoms with Crippen molar-refractivity contribution in [2.45, 2.75) is 31.2 Å². The summed E-state index contributed by atoms with van der Waals surface area (Å²) in [4.78, 5) is 16.8. The van der Waals surface area contributed by atoms with E-state index < -0.39 is 21.5 Å². The smallest absolute Gasteiger partial charge is 0.257 e. The normalized spacial score (nSPS) is 12.0. The van der Waals surface area contributed by atoms with Gasteiger partial charge in [-0.05, 0) is 57.2 Å². The summed E-state index contributed by atoms with van der Waals surface area (Å²) < 4.78 is 40.6. The summed E-state index contributed by atoms with van der Waals surface area (Å²) in [6, 6.07) is 11.7. The van der Waals surface area contributed by atoms with Crippen molar-refractivity contribution in [3.05, 3.63) is 65.3 Å². The van der Waals surface area contributed by atoms with Gasteiger partial charge in [-0.1, -0.05) is 12.1 Å². The predicted octanol–water partition coefficient (Wildman–Crippen LogP) is 4.28. The summed E-state index contributed by atoms with van der Waals surface area (Å²) in [6.45, 7) is 5.25. The Morgan fingerprint density at radius 2 is 1.79 bits per heavy atom. The molecule has 0 atom stereocenters. The summed E-state index contributed by atoms with van der Waals surface area (Å²) >= 11 is 1.22. The Balaban J connectivity index is 1.72. The van der Waals surface area contributed by atoms with Crippen molar-refractivity contribution in [1.82, 2.24) is 9.71 Å². The Morgan fingerprint density at radius 3 is 2.41 bits per heavy atom. The maximum atomic E-state index is 13.4. The van der Waals surface area contributed by atoms with Crippen LogP contribution >= 0.6 is 11.3 Å². The number of benzene rings is 2. The Bertz CT molecular complexity index is 1130. The molecule has 9 heteroatoms. The van der Waals surface area contributed by atoms with E-state index in [1.807, 2.05) is 0 Å². The maximum absolute atomic E-state index is 13.4. The highest BCUT2D eigenvalue weighted by Gasteiger charge is 2.22. The zero-order valence-corrected chi connectivity index (χ0v) is 17.7. The van der Waals surface area contributed by atoms with Crippen LogP contribution in [0.3, 0.4) is 0 Å². The van der Waals surface area contributed by atoms with Gasteiger partial charge < -0.3 is 0 Å². The third-order valence-corrected chi connectivity index (χ3v) is 6.24. The second kappa shape index (κ2) is 8.02. The van der Waals surface area contributed by atoms with Crippen LogP contribution in [-0.2, 0) is 10.0 Å². The van der Waals surface area contributed by atoms with Gasteiger partial charge in [-0.25, -0.2) is 22.5 Å². The molecule has 1 aromatic heterocycles. The molecule has 3 aromatic rings. The zero-order chi connectivity index (χ0) is 21.2. The number of amides is 1. The molecule has 0 aliphatic rings. The fourth-order valence-electron chi connectivity index (χ4n) is 2.53. The Hall–Kier alpha value is -2.62. The lowest BCUT2D eigenvalue weighted by Crippen LogP contribution is -2.40. The number of aromatic nitrogens is 1. The molecule has 6 nitrogen and oxygen atoms in total. The van der Waals surface area contributed by atoms with Crippen molar-refractivity contribution in [2.75, 3.05) is 5.32 Å². The van der Waals surface area contributed by atoms with Crippen molar-refractivity contribution >= 4 is 32.4 Å². The van der Waals surface area contributed by atoms with Gasteiger partial charge >= 0.3 is 0 Å². The van der Waals surface area contributed by atoms with Gasteiger partial charge in [0.1, 0.15) is 5.82 Å². The molecule has 29 heavy (non-hydrogen) atoms. The number of carbonyl (C=O) groups is 1. The molecule has 3 rings (SSSR count). The van der Waals surface area contributed by atoms with Crippen molar-refractivity contribution in [3.63, 3.8) is 0 Å². The number of carbonyl (C=O) groups excluding carboxylic acids is 1. The first kappa shape index (κ1) is 21.1. The predicted molar refractivity (Wildman–Crippen MR) is 112 cm³/mol. The molecule has 1 heterocycles. The monoisotopic (exact) mass is 433 g/mol. The van der Waals surface area contributed by atoms with E-state index in [9.17, 15) is 17.6 Å². The van der Waals surface area contributed by atoms with Gasteiger partial charge in [-0.2, -0.15) is 0 Å². The van der Waals surface area contributed by atoms with Crippen LogP contribution < -0.4 is 10.0 Å². The van der Waals surface area contributed by atoms with Crippen molar-refractivity contribution < 1.29 is 17.6 Å². The molecule has 0 radical (unpaired) electrons. The number of halogens is 1. The van der Waals surface area contributed by atoms with Gasteiger partial charge in [-0.15, -0.1) is 11.3 Å². The topological polar surface area (TPSA) is 88.2 Å². The van der Waals surface area contributed by atoms with Crippen LogP contribution in [-0.4, -0.2) is 24.8 Å². The number of nitrogens with zero attached hydrogens (tertiary/aromatic N) is 1. The van der Waals surface area contributed by atoms with Gasteiger partial charge in [-0.3, -0.25) is 10.1 Å². The van der Waals surface area contributed by atoms with E-state index in [4.69, 9.17) is 0 Å². The number of nitrogens with one attached hydrogen (secondary N) is 2. The molecule has 0 saturated carbocycles. The number of thiazole rings is 1. The number of hydrogen-bond acceptors (Lipinski definition) is 5. The van der Waals surface area contributed by atoms with Crippen LogP contribution in [0.2, 0.25) is 0 Å². The Kier molecular flexibility index (Phi) is 5.83. The molecule has 2 N–H and O–H groups in total. The molecule has 0 aliphatic carbocycles. The minimum Gasteiger partial charge on any atom is -0.298 e. The molecule has 1 amide bonds. The number of rotatable bonds is 5. The largest absolute Gasteiger partial charge is 0.298 e. The molecular formula is C20H20FN3O3S2. The first-order valence-corrected chi connectivity index (χ1v) is 11.1. The van der Waals surface area contributed by atoms with Gasteiger partial charge in [0.15, 0.2) is 5.13 Å². The van der Waals surface area contributed by atoms with Crippen molar-refractivity contribution in [1.29, 1.82) is 0 Å². The SMILES string of the molecule is CC(C)(C)NS(=O)(=O)c1ccc(C(=O)Nc2nc(-c3cccc(F)c3)cs2)cc1. The molecular weight excluding hydrogens is 413 g/mol. The lowest BCUT2D eigenvalue weighted by molar-refractivity contribution is 0.102. The summed E-state index contributed by atoms with van der Waals surface area (Å²) in [5.41, 5.74) is 0.850. The van der Waals surface area contributed by atoms with Gasteiger partial charge in [0, 0.05) is 22.0 Å². The van der Waals surface area contributed by atoms with Crippen LogP contribution in [0.1, 0.15) is 31.1 Å². The van der Waals surface area contributed by atoms with E-state index >= 15 is 0 Å². The third kappa shape index (κ3) is 5.47. The molecule has 152 valence electrons. The number of hydrogen-bond donors (Lipinski definition) is 2. The maximum Gasteiger partial charge on any atom is 0.257 e. The van der Waals surface area contributed by atoms with E-state index in [1.54, 1.807) is 38.3 Å². The van der Waals surface area contributed by atoms with Crippen LogP contribution in [0, 0.1) is 5.82 Å². The average molecular weight is 434 g/mol. The van der Waals surface area contributed by atoms with Crippen LogP contribution in [0.5, 0.6) is 0 Å². The summed E-state index contributed by atoms with van der Waals surface area (Å²) in [5.74, 6) is -0.782. The minimum atomic E-state index is -3.67. The number of sulfonamides is 1. The Labute approximate surface area is 172 Å². The second-order valence-electron chi connectivity index (χ2n) is 7.38. The standard InChI is InChI=1S/C20H20FN3O3S2/c1-20(2,3)24-29(26,27)16-9-7-13(8-10-16)18(25)23-19-22-17(12-28-19)14-5-4-6-15(21)11-14/h4-12,24H,1-3H3,(H,22,23,25). The molecule has 0 spiro atoms. The summed E-state index contributed by atoms with van der Waals surface area (Å²) in [6.07, 6.45) is 0. The van der Waals surface area contributed by atoms with E-state index in [0.29, 0.717) is 22.0 Å². The van der Waals surface area contributed by atoms with Gasteiger partial charge in [0.2, 0.25) is 10.0 Å². The quantitative estimate of drug-likeness (QED) is 0.629. The van der Waals surface area contributed by atoms with Crippen LogP contribution in [0.25, 0.3) is 11.3 Å². The Morgan fingerprint density at radius 1 is 1.10 bits per heavy atom. The summed E-state index contributed by atoms with van der Waals surface area (Å²) in [5, 5.41) is 4.75. The van der Waals surface area contributed by atoms with E-state index in [-0.39, 0.29) is 10.7 Å². The summed E-state index contributed by atoms with van der Waals surface area (Å²) in [7, 11) is -3.67. The molecule has 0 fully saturated rings. The molecule has 0 unspecified atom stereocenters. The first-order valence-electron chi connectivity index (χ1n) is 8.70. The third-order valence-electron chi connectivity index (χ3n) is 3.71. The van der Waals surface area contributed by atoms with E-state index in [0.717, 1.165) is 0 Å². The number of anilines is 1. The van der Waals surface area contributed by atoms with Crippen molar-refractivity contribution in [2.24, 2.45) is 0 Å². The minimum absolute atomic E-state index is 0.0756.